The third-order valence-corrected chi connectivity index (χ3v) is 4.61. The summed E-state index contributed by atoms with van der Waals surface area (Å²) < 4.78 is 0. The van der Waals surface area contributed by atoms with Crippen LogP contribution in [-0.2, 0) is 6.54 Å². The van der Waals surface area contributed by atoms with E-state index < -0.39 is 0 Å². The number of rotatable bonds is 5. The Balaban J connectivity index is 1.37. The molecule has 2 fully saturated rings. The van der Waals surface area contributed by atoms with Crippen LogP contribution in [0.2, 0.25) is 0 Å². The Kier molecular flexibility index (Phi) is 3.74. The maximum atomic E-state index is 4.14. The Labute approximate surface area is 107 Å². The van der Waals surface area contributed by atoms with Crippen LogP contribution in [0.15, 0.2) is 11.7 Å². The Morgan fingerprint density at radius 2 is 2.12 bits per heavy atom. The molecule has 0 atom stereocenters. The van der Waals surface area contributed by atoms with Crippen molar-refractivity contribution in [3.05, 3.63) is 16.6 Å². The number of likely N-dealkylation sites (tertiary alicyclic amines) is 1. The molecule has 1 aliphatic heterocycles. The van der Waals surface area contributed by atoms with Crippen LogP contribution in [-0.4, -0.2) is 35.6 Å². The van der Waals surface area contributed by atoms with Crippen LogP contribution in [0.3, 0.4) is 0 Å². The zero-order valence-electron chi connectivity index (χ0n) is 10.3. The maximum Gasteiger partial charge on any atom is 0.0794 e. The van der Waals surface area contributed by atoms with E-state index in [0.717, 1.165) is 18.5 Å². The summed E-state index contributed by atoms with van der Waals surface area (Å²) in [6.07, 6.45) is 7.54. The Bertz CT molecular complexity index is 326. The summed E-state index contributed by atoms with van der Waals surface area (Å²) in [7, 11) is 0. The first-order valence-electron chi connectivity index (χ1n) is 6.73. The molecule has 1 aromatic heterocycles. The van der Waals surface area contributed by atoms with E-state index in [9.17, 15) is 0 Å². The number of nitrogens with one attached hydrogen (secondary N) is 1. The smallest absolute Gasteiger partial charge is 0.0794 e. The Morgan fingerprint density at radius 1 is 1.29 bits per heavy atom. The third kappa shape index (κ3) is 3.50. The van der Waals surface area contributed by atoms with Crippen LogP contribution >= 0.6 is 11.3 Å². The van der Waals surface area contributed by atoms with Crippen LogP contribution < -0.4 is 5.32 Å². The Morgan fingerprint density at radius 3 is 2.76 bits per heavy atom. The highest BCUT2D eigenvalue weighted by Gasteiger charge is 2.24. The lowest BCUT2D eigenvalue weighted by atomic mass is 9.97. The van der Waals surface area contributed by atoms with Gasteiger partial charge in [0, 0.05) is 23.7 Å². The van der Waals surface area contributed by atoms with Crippen molar-refractivity contribution < 1.29 is 0 Å². The fraction of sp³-hybridized carbons (Fsp3) is 0.769. The van der Waals surface area contributed by atoms with E-state index in [4.69, 9.17) is 0 Å². The SMILES string of the molecule is c1ncc(CN2CCC(CNC3CC3)CC2)s1. The standard InChI is InChI=1S/C13H21N3S/c1-2-12(1)15-7-11-3-5-16(6-4-11)9-13-8-14-10-17-13/h8,10-12,15H,1-7,9H2. The van der Waals surface area contributed by atoms with Gasteiger partial charge in [0.05, 0.1) is 5.51 Å². The van der Waals surface area contributed by atoms with Crippen LogP contribution in [0.25, 0.3) is 0 Å². The van der Waals surface area contributed by atoms with Gasteiger partial charge >= 0.3 is 0 Å². The van der Waals surface area contributed by atoms with Gasteiger partial charge in [0.15, 0.2) is 0 Å². The lowest BCUT2D eigenvalue weighted by Gasteiger charge is -2.31. The van der Waals surface area contributed by atoms with Crippen LogP contribution in [0.4, 0.5) is 0 Å². The summed E-state index contributed by atoms with van der Waals surface area (Å²) >= 11 is 1.77. The van der Waals surface area contributed by atoms with Gasteiger partial charge in [-0.1, -0.05) is 0 Å². The molecule has 0 bridgehead atoms. The fourth-order valence-corrected chi connectivity index (χ4v) is 3.15. The highest BCUT2D eigenvalue weighted by Crippen LogP contribution is 2.22. The number of thiazole rings is 1. The molecule has 0 amide bonds. The summed E-state index contributed by atoms with van der Waals surface area (Å²) in [6, 6.07) is 0.866. The van der Waals surface area contributed by atoms with E-state index in [2.05, 4.69) is 15.2 Å². The first kappa shape index (κ1) is 11.6. The van der Waals surface area contributed by atoms with Gasteiger partial charge in [0.25, 0.3) is 0 Å². The van der Waals surface area contributed by atoms with Crippen LogP contribution in [0.1, 0.15) is 30.6 Å². The molecule has 2 aliphatic rings. The molecular weight excluding hydrogens is 230 g/mol. The summed E-state index contributed by atoms with van der Waals surface area (Å²) in [5.41, 5.74) is 1.93. The van der Waals surface area contributed by atoms with E-state index in [1.807, 2.05) is 11.7 Å². The average molecular weight is 251 g/mol. The minimum atomic E-state index is 0.866. The first-order valence-corrected chi connectivity index (χ1v) is 7.61. The zero-order chi connectivity index (χ0) is 11.5. The van der Waals surface area contributed by atoms with Gasteiger partial charge in [-0.15, -0.1) is 11.3 Å². The minimum absolute atomic E-state index is 0.866. The van der Waals surface area contributed by atoms with Gasteiger partial charge in [0.1, 0.15) is 0 Å². The average Bonchev–Trinajstić information content (AvgIpc) is 3.05. The van der Waals surface area contributed by atoms with Gasteiger partial charge in [-0.25, -0.2) is 0 Å². The largest absolute Gasteiger partial charge is 0.314 e. The summed E-state index contributed by atoms with van der Waals surface area (Å²) in [5.74, 6) is 0.910. The lowest BCUT2D eigenvalue weighted by molar-refractivity contribution is 0.176. The third-order valence-electron chi connectivity index (χ3n) is 3.84. The van der Waals surface area contributed by atoms with Crippen molar-refractivity contribution in [2.45, 2.75) is 38.3 Å². The molecule has 1 aliphatic carbocycles. The fourth-order valence-electron chi connectivity index (χ4n) is 2.51. The summed E-state index contributed by atoms with van der Waals surface area (Å²) in [5, 5.41) is 3.66. The Hall–Kier alpha value is -0.450. The van der Waals surface area contributed by atoms with E-state index in [1.165, 1.54) is 50.2 Å². The summed E-state index contributed by atoms with van der Waals surface area (Å²) in [4.78, 5) is 8.11. The molecule has 1 aromatic rings. The highest BCUT2D eigenvalue weighted by molar-refractivity contribution is 7.09. The topological polar surface area (TPSA) is 28.2 Å². The molecule has 94 valence electrons. The minimum Gasteiger partial charge on any atom is -0.314 e. The van der Waals surface area contributed by atoms with Crippen molar-refractivity contribution in [2.24, 2.45) is 5.92 Å². The quantitative estimate of drug-likeness (QED) is 0.869. The molecule has 1 saturated carbocycles. The molecule has 3 nitrogen and oxygen atoms in total. The molecule has 1 saturated heterocycles. The van der Waals surface area contributed by atoms with Gasteiger partial charge in [-0.05, 0) is 51.2 Å². The van der Waals surface area contributed by atoms with Crippen LogP contribution in [0.5, 0.6) is 0 Å². The van der Waals surface area contributed by atoms with Gasteiger partial charge in [0.2, 0.25) is 0 Å². The van der Waals surface area contributed by atoms with Crippen molar-refractivity contribution >= 4 is 11.3 Å². The number of hydrogen-bond donors (Lipinski definition) is 1. The number of nitrogens with zero attached hydrogens (tertiary/aromatic N) is 2. The van der Waals surface area contributed by atoms with Crippen molar-refractivity contribution in [3.8, 4) is 0 Å². The van der Waals surface area contributed by atoms with Crippen molar-refractivity contribution in [1.29, 1.82) is 0 Å². The lowest BCUT2D eigenvalue weighted by Crippen LogP contribution is -2.37. The number of hydrogen-bond acceptors (Lipinski definition) is 4. The predicted octanol–water partition coefficient (Wildman–Crippen LogP) is 2.11. The van der Waals surface area contributed by atoms with Gasteiger partial charge < -0.3 is 5.32 Å². The van der Waals surface area contributed by atoms with E-state index in [-0.39, 0.29) is 0 Å². The van der Waals surface area contributed by atoms with Gasteiger partial charge in [-0.2, -0.15) is 0 Å². The molecule has 4 heteroatoms. The molecular formula is C13H21N3S. The molecule has 0 unspecified atom stereocenters. The molecule has 17 heavy (non-hydrogen) atoms. The van der Waals surface area contributed by atoms with E-state index >= 15 is 0 Å². The molecule has 0 radical (unpaired) electrons. The van der Waals surface area contributed by atoms with E-state index in [1.54, 1.807) is 11.3 Å². The molecule has 0 aromatic carbocycles. The second kappa shape index (κ2) is 5.46. The predicted molar refractivity (Wildman–Crippen MR) is 71.1 cm³/mol. The molecule has 1 N–H and O–H groups in total. The first-order chi connectivity index (χ1) is 8.40. The normalized spacial score (nSPS) is 23.1. The molecule has 0 spiro atoms. The molecule has 3 rings (SSSR count). The second-order valence-electron chi connectivity index (χ2n) is 5.37. The number of aromatic nitrogens is 1. The maximum absolute atomic E-state index is 4.14. The molecule has 2 heterocycles. The summed E-state index contributed by atoms with van der Waals surface area (Å²) in [6.45, 7) is 4.87. The van der Waals surface area contributed by atoms with Crippen molar-refractivity contribution in [2.75, 3.05) is 19.6 Å². The van der Waals surface area contributed by atoms with Crippen LogP contribution in [0, 0.1) is 5.92 Å². The van der Waals surface area contributed by atoms with Crippen molar-refractivity contribution in [3.63, 3.8) is 0 Å². The monoisotopic (exact) mass is 251 g/mol. The van der Waals surface area contributed by atoms with E-state index in [0.29, 0.717) is 0 Å². The van der Waals surface area contributed by atoms with Crippen molar-refractivity contribution in [1.82, 2.24) is 15.2 Å². The van der Waals surface area contributed by atoms with Gasteiger partial charge in [-0.3, -0.25) is 9.88 Å². The zero-order valence-corrected chi connectivity index (χ0v) is 11.1. The second-order valence-corrected chi connectivity index (χ2v) is 6.34. The highest BCUT2D eigenvalue weighted by atomic mass is 32.1. The number of piperidine rings is 1.